The van der Waals surface area contributed by atoms with Crippen molar-refractivity contribution in [2.45, 2.75) is 51.3 Å². The molecule has 0 amide bonds. The zero-order chi connectivity index (χ0) is 12.1. The average Bonchev–Trinajstić information content (AvgIpc) is 2.39. The quantitative estimate of drug-likeness (QED) is 0.844. The molecule has 94 valence electrons. The predicted molar refractivity (Wildman–Crippen MR) is 66.0 cm³/mol. The van der Waals surface area contributed by atoms with E-state index >= 15 is 0 Å². The first-order valence-corrected chi connectivity index (χ1v) is 6.41. The lowest BCUT2D eigenvalue weighted by Crippen LogP contribution is -2.30. The van der Waals surface area contributed by atoms with E-state index < -0.39 is 0 Å². The molecule has 1 aromatic rings. The Labute approximate surface area is 102 Å². The van der Waals surface area contributed by atoms with Gasteiger partial charge in [0.25, 0.3) is 0 Å². The molecule has 0 aromatic heterocycles. The molecular formula is C14H20FNO. The van der Waals surface area contributed by atoms with Gasteiger partial charge in [-0.25, -0.2) is 4.39 Å². The molecule has 17 heavy (non-hydrogen) atoms. The minimum Gasteiger partial charge on any atom is -0.392 e. The van der Waals surface area contributed by atoms with Gasteiger partial charge >= 0.3 is 0 Å². The van der Waals surface area contributed by atoms with Crippen molar-refractivity contribution in [3.63, 3.8) is 0 Å². The molecule has 1 aliphatic carbocycles. The molecule has 0 unspecified atom stereocenters. The largest absolute Gasteiger partial charge is 0.392 e. The Kier molecular flexibility index (Phi) is 4.51. The lowest BCUT2D eigenvalue weighted by Gasteiger charge is -2.23. The van der Waals surface area contributed by atoms with Gasteiger partial charge < -0.3 is 10.4 Å². The van der Waals surface area contributed by atoms with Crippen LogP contribution in [-0.2, 0) is 13.2 Å². The van der Waals surface area contributed by atoms with Gasteiger partial charge in [0, 0.05) is 18.2 Å². The molecule has 1 aliphatic rings. The first kappa shape index (κ1) is 12.5. The third-order valence-corrected chi connectivity index (χ3v) is 3.48. The molecule has 0 spiro atoms. The van der Waals surface area contributed by atoms with E-state index in [1.54, 1.807) is 12.1 Å². The first-order valence-electron chi connectivity index (χ1n) is 6.41. The molecular weight excluding hydrogens is 217 g/mol. The highest BCUT2D eigenvalue weighted by Crippen LogP contribution is 2.18. The molecule has 1 saturated carbocycles. The molecule has 0 aliphatic heterocycles. The smallest absolute Gasteiger partial charge is 0.128 e. The Morgan fingerprint density at radius 3 is 2.71 bits per heavy atom. The molecule has 2 rings (SSSR count). The zero-order valence-electron chi connectivity index (χ0n) is 10.1. The number of rotatable bonds is 4. The summed E-state index contributed by atoms with van der Waals surface area (Å²) in [5.74, 6) is -0.325. The minimum atomic E-state index is -0.325. The summed E-state index contributed by atoms with van der Waals surface area (Å²) in [4.78, 5) is 0. The summed E-state index contributed by atoms with van der Waals surface area (Å²) in [5.41, 5.74) is 1.42. The summed E-state index contributed by atoms with van der Waals surface area (Å²) in [7, 11) is 0. The van der Waals surface area contributed by atoms with E-state index in [0.717, 1.165) is 12.1 Å². The van der Waals surface area contributed by atoms with E-state index in [0.29, 0.717) is 11.6 Å². The number of hydrogen-bond donors (Lipinski definition) is 2. The van der Waals surface area contributed by atoms with Crippen LogP contribution in [0, 0.1) is 5.82 Å². The van der Waals surface area contributed by atoms with Crippen LogP contribution >= 0.6 is 0 Å². The number of hydrogen-bond acceptors (Lipinski definition) is 2. The van der Waals surface area contributed by atoms with Gasteiger partial charge in [-0.3, -0.25) is 0 Å². The Morgan fingerprint density at radius 2 is 2.00 bits per heavy atom. The maximum atomic E-state index is 13.2. The second kappa shape index (κ2) is 6.12. The van der Waals surface area contributed by atoms with Crippen LogP contribution in [0.5, 0.6) is 0 Å². The van der Waals surface area contributed by atoms with Crippen molar-refractivity contribution in [2.75, 3.05) is 0 Å². The van der Waals surface area contributed by atoms with Crippen molar-refractivity contribution in [3.8, 4) is 0 Å². The fourth-order valence-corrected chi connectivity index (χ4v) is 2.43. The Balaban J connectivity index is 1.89. The van der Waals surface area contributed by atoms with Gasteiger partial charge in [-0.05, 0) is 30.5 Å². The highest BCUT2D eigenvalue weighted by molar-refractivity contribution is 5.24. The second-order valence-electron chi connectivity index (χ2n) is 4.80. The van der Waals surface area contributed by atoms with Crippen LogP contribution in [0.4, 0.5) is 4.39 Å². The fourth-order valence-electron chi connectivity index (χ4n) is 2.43. The van der Waals surface area contributed by atoms with E-state index in [1.165, 1.54) is 38.2 Å². The maximum absolute atomic E-state index is 13.2. The molecule has 0 bridgehead atoms. The van der Waals surface area contributed by atoms with Crippen LogP contribution in [0.15, 0.2) is 18.2 Å². The molecule has 0 heterocycles. The number of halogens is 1. The Hall–Kier alpha value is -0.930. The molecule has 0 saturated heterocycles. The van der Waals surface area contributed by atoms with Gasteiger partial charge in [-0.2, -0.15) is 0 Å². The van der Waals surface area contributed by atoms with Crippen molar-refractivity contribution < 1.29 is 9.50 Å². The van der Waals surface area contributed by atoms with Gasteiger partial charge in [0.1, 0.15) is 5.82 Å². The van der Waals surface area contributed by atoms with Crippen LogP contribution in [0.1, 0.15) is 43.2 Å². The summed E-state index contributed by atoms with van der Waals surface area (Å²) in [6.45, 7) is 0.529. The minimum absolute atomic E-state index is 0.233. The molecule has 1 fully saturated rings. The van der Waals surface area contributed by atoms with Crippen LogP contribution < -0.4 is 5.32 Å². The highest BCUT2D eigenvalue weighted by Gasteiger charge is 2.12. The summed E-state index contributed by atoms with van der Waals surface area (Å²) < 4.78 is 13.2. The lowest BCUT2D eigenvalue weighted by atomic mass is 9.95. The number of nitrogens with one attached hydrogen (secondary N) is 1. The molecule has 2 N–H and O–H groups in total. The summed E-state index contributed by atoms with van der Waals surface area (Å²) in [6, 6.07) is 5.56. The Morgan fingerprint density at radius 1 is 1.24 bits per heavy atom. The molecule has 1 aromatic carbocycles. The molecule has 0 radical (unpaired) electrons. The summed E-state index contributed by atoms with van der Waals surface area (Å²) in [6.07, 6.45) is 6.46. The van der Waals surface area contributed by atoms with Crippen molar-refractivity contribution >= 4 is 0 Å². The normalized spacial score (nSPS) is 17.3. The van der Waals surface area contributed by atoms with Crippen LogP contribution in [-0.4, -0.2) is 11.1 Å². The number of aliphatic hydroxyl groups is 1. The van der Waals surface area contributed by atoms with Gasteiger partial charge in [0.05, 0.1) is 6.61 Å². The van der Waals surface area contributed by atoms with Crippen molar-refractivity contribution in [1.82, 2.24) is 5.32 Å². The lowest BCUT2D eigenvalue weighted by molar-refractivity contribution is 0.275. The molecule has 0 atom stereocenters. The van der Waals surface area contributed by atoms with Gasteiger partial charge in [0.15, 0.2) is 0 Å². The highest BCUT2D eigenvalue weighted by atomic mass is 19.1. The third-order valence-electron chi connectivity index (χ3n) is 3.48. The fraction of sp³-hybridized carbons (Fsp3) is 0.571. The Bertz CT molecular complexity index is 361. The van der Waals surface area contributed by atoms with Crippen molar-refractivity contribution in [3.05, 3.63) is 35.1 Å². The van der Waals surface area contributed by atoms with Crippen LogP contribution in [0.3, 0.4) is 0 Å². The van der Waals surface area contributed by atoms with E-state index in [2.05, 4.69) is 5.32 Å². The topological polar surface area (TPSA) is 32.3 Å². The maximum Gasteiger partial charge on any atom is 0.128 e. The van der Waals surface area contributed by atoms with Crippen LogP contribution in [0.2, 0.25) is 0 Å². The van der Waals surface area contributed by atoms with Gasteiger partial charge in [-0.1, -0.05) is 25.3 Å². The third kappa shape index (κ3) is 3.51. The van der Waals surface area contributed by atoms with Crippen molar-refractivity contribution in [1.29, 1.82) is 0 Å². The van der Waals surface area contributed by atoms with E-state index in [9.17, 15) is 4.39 Å². The zero-order valence-corrected chi connectivity index (χ0v) is 10.1. The number of benzene rings is 1. The van der Waals surface area contributed by atoms with Crippen molar-refractivity contribution in [2.24, 2.45) is 0 Å². The first-order chi connectivity index (χ1) is 8.29. The predicted octanol–water partition coefficient (Wildman–Crippen LogP) is 2.74. The van der Waals surface area contributed by atoms with E-state index in [4.69, 9.17) is 5.11 Å². The van der Waals surface area contributed by atoms with Crippen LogP contribution in [0.25, 0.3) is 0 Å². The van der Waals surface area contributed by atoms with E-state index in [1.807, 2.05) is 0 Å². The summed E-state index contributed by atoms with van der Waals surface area (Å²) >= 11 is 0. The van der Waals surface area contributed by atoms with E-state index in [-0.39, 0.29) is 12.4 Å². The number of aliphatic hydroxyl groups excluding tert-OH is 1. The average molecular weight is 237 g/mol. The SMILES string of the molecule is OCc1cc(CNC2CCCCC2)ccc1F. The standard InChI is InChI=1S/C14H20FNO/c15-14-7-6-11(8-12(14)10-17)9-16-13-4-2-1-3-5-13/h6-8,13,16-17H,1-5,9-10H2. The monoisotopic (exact) mass is 237 g/mol. The molecule has 2 nitrogen and oxygen atoms in total. The van der Waals surface area contributed by atoms with Gasteiger partial charge in [0.2, 0.25) is 0 Å². The van der Waals surface area contributed by atoms with Gasteiger partial charge in [-0.15, -0.1) is 0 Å². The molecule has 3 heteroatoms. The second-order valence-corrected chi connectivity index (χ2v) is 4.80. The summed E-state index contributed by atoms with van der Waals surface area (Å²) in [5, 5.41) is 12.5.